The van der Waals surface area contributed by atoms with Crippen LogP contribution in [0, 0.1) is 0 Å². The van der Waals surface area contributed by atoms with Gasteiger partial charge in [0.2, 0.25) is 0 Å². The Balaban J connectivity index is 2.40. The second-order valence-electron chi connectivity index (χ2n) is 3.40. The lowest BCUT2D eigenvalue weighted by atomic mass is 9.86. The molecule has 1 aliphatic carbocycles. The van der Waals surface area contributed by atoms with Gasteiger partial charge in [-0.05, 0) is 24.0 Å². The molecule has 0 radical (unpaired) electrons. The van der Waals surface area contributed by atoms with Crippen molar-refractivity contribution in [3.8, 4) is 0 Å². The van der Waals surface area contributed by atoms with E-state index in [0.29, 0.717) is 6.42 Å². The summed E-state index contributed by atoms with van der Waals surface area (Å²) in [7, 11) is 0. The number of benzene rings is 1. The van der Waals surface area contributed by atoms with Crippen LogP contribution < -0.4 is 5.73 Å². The van der Waals surface area contributed by atoms with Crippen molar-refractivity contribution < 1.29 is 5.11 Å². The zero-order chi connectivity index (χ0) is 8.55. The van der Waals surface area contributed by atoms with E-state index in [1.165, 1.54) is 11.1 Å². The van der Waals surface area contributed by atoms with Gasteiger partial charge in [-0.25, -0.2) is 0 Å². The van der Waals surface area contributed by atoms with Gasteiger partial charge >= 0.3 is 0 Å². The molecule has 2 rings (SSSR count). The summed E-state index contributed by atoms with van der Waals surface area (Å²) >= 11 is 0. The van der Waals surface area contributed by atoms with Gasteiger partial charge in [-0.2, -0.15) is 0 Å². The predicted molar refractivity (Wildman–Crippen MR) is 47.7 cm³/mol. The Morgan fingerprint density at radius 1 is 1.33 bits per heavy atom. The van der Waals surface area contributed by atoms with Gasteiger partial charge in [0.25, 0.3) is 0 Å². The SMILES string of the molecule is NC1CC(O)Cc2ccccc21. The molecule has 0 fully saturated rings. The first kappa shape index (κ1) is 7.77. The van der Waals surface area contributed by atoms with Crippen LogP contribution in [0.15, 0.2) is 24.3 Å². The first-order valence-corrected chi connectivity index (χ1v) is 4.29. The average Bonchev–Trinajstić information content (AvgIpc) is 2.04. The lowest BCUT2D eigenvalue weighted by Gasteiger charge is -2.25. The van der Waals surface area contributed by atoms with Gasteiger partial charge < -0.3 is 10.8 Å². The molecule has 0 aromatic heterocycles. The molecule has 2 unspecified atom stereocenters. The predicted octanol–water partition coefficient (Wildman–Crippen LogP) is 0.994. The number of hydrogen-bond acceptors (Lipinski definition) is 2. The van der Waals surface area contributed by atoms with Crippen LogP contribution in [0.2, 0.25) is 0 Å². The molecule has 0 spiro atoms. The Morgan fingerprint density at radius 2 is 2.08 bits per heavy atom. The minimum atomic E-state index is -0.255. The molecule has 64 valence electrons. The van der Waals surface area contributed by atoms with E-state index in [0.717, 1.165) is 6.42 Å². The van der Waals surface area contributed by atoms with Crippen LogP contribution in [-0.4, -0.2) is 11.2 Å². The molecule has 1 aromatic carbocycles. The van der Waals surface area contributed by atoms with Gasteiger partial charge in [-0.1, -0.05) is 24.3 Å². The third-order valence-corrected chi connectivity index (χ3v) is 2.44. The topological polar surface area (TPSA) is 46.2 Å². The van der Waals surface area contributed by atoms with Crippen LogP contribution in [0.3, 0.4) is 0 Å². The number of aliphatic hydroxyl groups is 1. The van der Waals surface area contributed by atoms with Crippen molar-refractivity contribution in [3.05, 3.63) is 35.4 Å². The summed E-state index contributed by atoms with van der Waals surface area (Å²) in [5.74, 6) is 0. The molecule has 12 heavy (non-hydrogen) atoms. The quantitative estimate of drug-likeness (QED) is 0.599. The number of rotatable bonds is 0. The van der Waals surface area contributed by atoms with Crippen molar-refractivity contribution in [1.82, 2.24) is 0 Å². The summed E-state index contributed by atoms with van der Waals surface area (Å²) in [5, 5.41) is 9.45. The molecular weight excluding hydrogens is 150 g/mol. The van der Waals surface area contributed by atoms with Crippen LogP contribution >= 0.6 is 0 Å². The number of fused-ring (bicyclic) bond motifs is 1. The van der Waals surface area contributed by atoms with Gasteiger partial charge in [0.1, 0.15) is 0 Å². The van der Waals surface area contributed by atoms with Crippen LogP contribution in [0.4, 0.5) is 0 Å². The third kappa shape index (κ3) is 1.24. The summed E-state index contributed by atoms with van der Waals surface area (Å²) in [6.07, 6.45) is 1.19. The number of hydrogen-bond donors (Lipinski definition) is 2. The molecule has 2 heteroatoms. The number of aliphatic hydroxyl groups excluding tert-OH is 1. The molecule has 0 saturated heterocycles. The minimum absolute atomic E-state index is 0.0185. The van der Waals surface area contributed by atoms with E-state index in [-0.39, 0.29) is 12.1 Å². The molecule has 2 nitrogen and oxygen atoms in total. The van der Waals surface area contributed by atoms with Gasteiger partial charge in [0, 0.05) is 6.04 Å². The molecular formula is C10H13NO. The van der Waals surface area contributed by atoms with E-state index in [1.54, 1.807) is 0 Å². The largest absolute Gasteiger partial charge is 0.393 e. The Kier molecular flexibility index (Phi) is 1.87. The maximum absolute atomic E-state index is 9.45. The van der Waals surface area contributed by atoms with E-state index < -0.39 is 0 Å². The Labute approximate surface area is 72.0 Å². The Morgan fingerprint density at radius 3 is 2.92 bits per heavy atom. The monoisotopic (exact) mass is 163 g/mol. The first-order chi connectivity index (χ1) is 5.77. The molecule has 1 aromatic rings. The minimum Gasteiger partial charge on any atom is -0.393 e. The van der Waals surface area contributed by atoms with E-state index in [9.17, 15) is 5.11 Å². The molecule has 0 bridgehead atoms. The van der Waals surface area contributed by atoms with Crippen molar-refractivity contribution in [2.75, 3.05) is 0 Å². The van der Waals surface area contributed by atoms with Crippen molar-refractivity contribution in [3.63, 3.8) is 0 Å². The van der Waals surface area contributed by atoms with Crippen LogP contribution in [0.25, 0.3) is 0 Å². The fraction of sp³-hybridized carbons (Fsp3) is 0.400. The smallest absolute Gasteiger partial charge is 0.0598 e. The van der Waals surface area contributed by atoms with Crippen LogP contribution in [0.1, 0.15) is 23.6 Å². The van der Waals surface area contributed by atoms with Crippen LogP contribution in [-0.2, 0) is 6.42 Å². The summed E-state index contributed by atoms with van der Waals surface area (Å²) in [6.45, 7) is 0. The van der Waals surface area contributed by atoms with Gasteiger partial charge in [0.15, 0.2) is 0 Å². The standard InChI is InChI=1S/C10H13NO/c11-10-6-8(12)5-7-3-1-2-4-9(7)10/h1-4,8,10,12H,5-6,11H2. The van der Waals surface area contributed by atoms with Crippen molar-refractivity contribution in [2.24, 2.45) is 5.73 Å². The highest BCUT2D eigenvalue weighted by molar-refractivity contribution is 5.32. The van der Waals surface area contributed by atoms with Crippen molar-refractivity contribution in [1.29, 1.82) is 0 Å². The van der Waals surface area contributed by atoms with Gasteiger partial charge in [-0.15, -0.1) is 0 Å². The second kappa shape index (κ2) is 2.88. The number of nitrogens with two attached hydrogens (primary N) is 1. The highest BCUT2D eigenvalue weighted by atomic mass is 16.3. The molecule has 0 amide bonds. The molecule has 2 atom stereocenters. The summed E-state index contributed by atoms with van der Waals surface area (Å²) in [5.41, 5.74) is 8.27. The van der Waals surface area contributed by atoms with Gasteiger partial charge in [-0.3, -0.25) is 0 Å². The second-order valence-corrected chi connectivity index (χ2v) is 3.40. The highest BCUT2D eigenvalue weighted by Crippen LogP contribution is 2.27. The highest BCUT2D eigenvalue weighted by Gasteiger charge is 2.21. The molecule has 3 N–H and O–H groups in total. The van der Waals surface area contributed by atoms with Gasteiger partial charge in [0.05, 0.1) is 6.10 Å². The maximum Gasteiger partial charge on any atom is 0.0598 e. The van der Waals surface area contributed by atoms with E-state index in [4.69, 9.17) is 5.73 Å². The van der Waals surface area contributed by atoms with E-state index >= 15 is 0 Å². The summed E-state index contributed by atoms with van der Waals surface area (Å²) < 4.78 is 0. The van der Waals surface area contributed by atoms with E-state index in [1.807, 2.05) is 24.3 Å². The summed E-state index contributed by atoms with van der Waals surface area (Å²) in [4.78, 5) is 0. The summed E-state index contributed by atoms with van der Waals surface area (Å²) in [6, 6.07) is 8.09. The zero-order valence-corrected chi connectivity index (χ0v) is 6.90. The lowest BCUT2D eigenvalue weighted by Crippen LogP contribution is -2.27. The average molecular weight is 163 g/mol. The Hall–Kier alpha value is -0.860. The van der Waals surface area contributed by atoms with E-state index in [2.05, 4.69) is 0 Å². The molecule has 1 aliphatic rings. The first-order valence-electron chi connectivity index (χ1n) is 4.29. The fourth-order valence-corrected chi connectivity index (χ4v) is 1.84. The third-order valence-electron chi connectivity index (χ3n) is 2.44. The van der Waals surface area contributed by atoms with Crippen molar-refractivity contribution >= 4 is 0 Å². The molecule has 0 saturated carbocycles. The van der Waals surface area contributed by atoms with Crippen LogP contribution in [0.5, 0.6) is 0 Å². The molecule has 0 heterocycles. The molecule has 0 aliphatic heterocycles. The zero-order valence-electron chi connectivity index (χ0n) is 6.90. The fourth-order valence-electron chi connectivity index (χ4n) is 1.84. The van der Waals surface area contributed by atoms with Crippen molar-refractivity contribution in [2.45, 2.75) is 25.0 Å². The lowest BCUT2D eigenvalue weighted by molar-refractivity contribution is 0.147. The normalized spacial score (nSPS) is 28.2. The maximum atomic E-state index is 9.45. The Bertz CT molecular complexity index is 285.